The highest BCUT2D eigenvalue weighted by atomic mass is 35.5. The van der Waals surface area contributed by atoms with Crippen molar-refractivity contribution in [2.24, 2.45) is 5.10 Å². The third kappa shape index (κ3) is 5.09. The smallest absolute Gasteiger partial charge is 0.137 e. The van der Waals surface area contributed by atoms with Gasteiger partial charge in [0.05, 0.1) is 22.5 Å². The third-order valence-corrected chi connectivity index (χ3v) is 6.57. The topological polar surface area (TPSA) is 30.9 Å². The summed E-state index contributed by atoms with van der Waals surface area (Å²) in [4.78, 5) is 0.670. The summed E-state index contributed by atoms with van der Waals surface area (Å²) < 4.78 is 0. The lowest BCUT2D eigenvalue weighted by Crippen LogP contribution is -2.44. The number of hydrogen-bond donors (Lipinski definition) is 1. The van der Waals surface area contributed by atoms with Gasteiger partial charge in [-0.15, -0.1) is 0 Å². The van der Waals surface area contributed by atoms with Crippen LogP contribution < -0.4 is 10.4 Å². The number of hydrazone groups is 1. The molecule has 0 aromatic heterocycles. The van der Waals surface area contributed by atoms with Crippen molar-refractivity contribution in [3.05, 3.63) is 63.1 Å². The van der Waals surface area contributed by atoms with Crippen LogP contribution >= 0.6 is 47.0 Å². The SMILES string of the molecule is S=C(NN1CCCCCC1)C1=NN(c2ccc(Cl)cc2Cl)C(c2ccc(Cl)cc2)C1. The molecule has 30 heavy (non-hydrogen) atoms. The first-order chi connectivity index (χ1) is 14.5. The van der Waals surface area contributed by atoms with Crippen molar-refractivity contribution < 1.29 is 0 Å². The molecule has 2 aliphatic rings. The summed E-state index contributed by atoms with van der Waals surface area (Å²) in [5.74, 6) is 0. The fourth-order valence-corrected chi connectivity index (χ4v) is 4.75. The van der Waals surface area contributed by atoms with E-state index >= 15 is 0 Å². The summed E-state index contributed by atoms with van der Waals surface area (Å²) in [6, 6.07) is 13.3. The Morgan fingerprint density at radius 3 is 2.27 bits per heavy atom. The van der Waals surface area contributed by atoms with E-state index < -0.39 is 0 Å². The Morgan fingerprint density at radius 2 is 1.60 bits per heavy atom. The summed E-state index contributed by atoms with van der Waals surface area (Å²) >= 11 is 24.5. The molecule has 158 valence electrons. The van der Waals surface area contributed by atoms with Crippen molar-refractivity contribution >= 4 is 63.4 Å². The fraction of sp³-hybridized carbons (Fsp3) is 0.364. The van der Waals surface area contributed by atoms with Crippen LogP contribution in [0.5, 0.6) is 0 Å². The van der Waals surface area contributed by atoms with E-state index in [1.54, 1.807) is 6.07 Å². The summed E-state index contributed by atoms with van der Waals surface area (Å²) in [6.45, 7) is 2.00. The minimum Gasteiger partial charge on any atom is -0.308 e. The summed E-state index contributed by atoms with van der Waals surface area (Å²) in [6.07, 6.45) is 5.59. The Hall–Kier alpha value is -1.37. The molecule has 1 N–H and O–H groups in total. The lowest BCUT2D eigenvalue weighted by molar-refractivity contribution is 0.248. The van der Waals surface area contributed by atoms with Crippen LogP contribution in [0.1, 0.15) is 43.7 Å². The van der Waals surface area contributed by atoms with E-state index in [0.29, 0.717) is 26.5 Å². The second-order valence-corrected chi connectivity index (χ2v) is 9.29. The molecule has 1 fully saturated rings. The second-order valence-electron chi connectivity index (χ2n) is 7.60. The lowest BCUT2D eigenvalue weighted by Gasteiger charge is -2.25. The van der Waals surface area contributed by atoms with Crippen molar-refractivity contribution in [3.8, 4) is 0 Å². The van der Waals surface area contributed by atoms with Gasteiger partial charge in [0.15, 0.2) is 0 Å². The van der Waals surface area contributed by atoms with Crippen LogP contribution in [-0.4, -0.2) is 28.8 Å². The molecule has 0 amide bonds. The number of benzene rings is 2. The Kier molecular flexibility index (Phi) is 7.16. The van der Waals surface area contributed by atoms with Crippen LogP contribution in [0.4, 0.5) is 5.69 Å². The highest BCUT2D eigenvalue weighted by Gasteiger charge is 2.32. The molecular formula is C22H23Cl3N4S. The van der Waals surface area contributed by atoms with Crippen LogP contribution in [0.15, 0.2) is 47.6 Å². The first kappa shape index (κ1) is 21.8. The number of halogens is 3. The molecule has 4 nitrogen and oxygen atoms in total. The first-order valence-electron chi connectivity index (χ1n) is 10.1. The van der Waals surface area contributed by atoms with Crippen molar-refractivity contribution in [3.63, 3.8) is 0 Å². The quantitative estimate of drug-likeness (QED) is 0.495. The van der Waals surface area contributed by atoms with E-state index in [9.17, 15) is 0 Å². The van der Waals surface area contributed by atoms with Crippen molar-refractivity contribution in [2.75, 3.05) is 18.1 Å². The molecule has 0 aliphatic carbocycles. The summed E-state index contributed by atoms with van der Waals surface area (Å²) in [5, 5.41) is 10.9. The van der Waals surface area contributed by atoms with Gasteiger partial charge in [-0.25, -0.2) is 5.01 Å². The molecule has 0 bridgehead atoms. The van der Waals surface area contributed by atoms with Gasteiger partial charge in [0, 0.05) is 29.6 Å². The summed E-state index contributed by atoms with van der Waals surface area (Å²) in [5.41, 5.74) is 6.16. The molecule has 0 saturated carbocycles. The van der Waals surface area contributed by atoms with Gasteiger partial charge >= 0.3 is 0 Å². The molecule has 2 aromatic carbocycles. The number of thiocarbonyl (C=S) groups is 1. The Bertz CT molecular complexity index is 940. The minimum atomic E-state index is -0.0279. The maximum atomic E-state index is 6.52. The van der Waals surface area contributed by atoms with E-state index in [0.717, 1.165) is 30.1 Å². The summed E-state index contributed by atoms with van der Waals surface area (Å²) in [7, 11) is 0. The first-order valence-corrected chi connectivity index (χ1v) is 11.7. The zero-order valence-corrected chi connectivity index (χ0v) is 19.5. The van der Waals surface area contributed by atoms with Crippen molar-refractivity contribution in [2.45, 2.75) is 38.1 Å². The third-order valence-electron chi connectivity index (χ3n) is 5.45. The molecule has 0 spiro atoms. The number of hydrogen-bond acceptors (Lipinski definition) is 4. The van der Waals surface area contributed by atoms with E-state index in [-0.39, 0.29) is 6.04 Å². The van der Waals surface area contributed by atoms with E-state index in [4.69, 9.17) is 52.1 Å². The van der Waals surface area contributed by atoms with Gasteiger partial charge in [-0.2, -0.15) is 5.10 Å². The lowest BCUT2D eigenvalue weighted by atomic mass is 10.0. The molecule has 1 atom stereocenters. The molecule has 8 heteroatoms. The molecular weight excluding hydrogens is 459 g/mol. The second kappa shape index (κ2) is 9.84. The van der Waals surface area contributed by atoms with Crippen LogP contribution in [0.2, 0.25) is 15.1 Å². The monoisotopic (exact) mass is 480 g/mol. The van der Waals surface area contributed by atoms with Crippen LogP contribution in [0.25, 0.3) is 0 Å². The number of nitrogens with zero attached hydrogens (tertiary/aromatic N) is 3. The van der Waals surface area contributed by atoms with Crippen molar-refractivity contribution in [1.82, 2.24) is 10.4 Å². The zero-order valence-electron chi connectivity index (χ0n) is 16.5. The van der Waals surface area contributed by atoms with Gasteiger partial charge in [0.2, 0.25) is 0 Å². The van der Waals surface area contributed by atoms with Gasteiger partial charge in [0.25, 0.3) is 0 Å². The fourth-order valence-electron chi connectivity index (χ4n) is 3.87. The van der Waals surface area contributed by atoms with Gasteiger partial charge < -0.3 is 5.43 Å². The predicted molar refractivity (Wildman–Crippen MR) is 131 cm³/mol. The van der Waals surface area contributed by atoms with E-state index in [1.165, 1.54) is 25.7 Å². The highest BCUT2D eigenvalue weighted by Crippen LogP contribution is 2.40. The number of anilines is 1. The van der Waals surface area contributed by atoms with Crippen LogP contribution in [0.3, 0.4) is 0 Å². The van der Waals surface area contributed by atoms with Gasteiger partial charge in [-0.05, 0) is 48.7 Å². The largest absolute Gasteiger partial charge is 0.308 e. The van der Waals surface area contributed by atoms with Gasteiger partial charge in [0.1, 0.15) is 4.99 Å². The number of hydrazine groups is 1. The molecule has 1 saturated heterocycles. The number of rotatable bonds is 4. The van der Waals surface area contributed by atoms with E-state index in [2.05, 4.69) is 10.4 Å². The average molecular weight is 482 g/mol. The maximum absolute atomic E-state index is 6.52. The predicted octanol–water partition coefficient (Wildman–Crippen LogP) is 6.66. The Labute approximate surface area is 197 Å². The molecule has 1 unspecified atom stereocenters. The van der Waals surface area contributed by atoms with Gasteiger partial charge in [-0.3, -0.25) is 5.01 Å². The normalized spacial score (nSPS) is 20.0. The molecule has 2 aromatic rings. The Morgan fingerprint density at radius 1 is 0.933 bits per heavy atom. The zero-order chi connectivity index (χ0) is 21.1. The van der Waals surface area contributed by atoms with Crippen LogP contribution in [0, 0.1) is 0 Å². The molecule has 2 aliphatic heterocycles. The number of nitrogens with one attached hydrogen (secondary N) is 1. The highest BCUT2D eigenvalue weighted by molar-refractivity contribution is 7.82. The molecule has 2 heterocycles. The minimum absolute atomic E-state index is 0.0279. The standard InChI is InChI=1S/C22H23Cl3N4S/c23-16-7-5-15(6-8-16)21-14-19(22(30)27-28-11-3-1-2-4-12-28)26-29(21)20-10-9-17(24)13-18(20)25/h5-10,13,21H,1-4,11-12,14H2,(H,27,30). The van der Waals surface area contributed by atoms with Crippen molar-refractivity contribution in [1.29, 1.82) is 0 Å². The van der Waals surface area contributed by atoms with Crippen LogP contribution in [-0.2, 0) is 0 Å². The van der Waals surface area contributed by atoms with Gasteiger partial charge in [-0.1, -0.05) is 72.0 Å². The maximum Gasteiger partial charge on any atom is 0.137 e. The molecule has 4 rings (SSSR count). The molecule has 0 radical (unpaired) electrons. The van der Waals surface area contributed by atoms with E-state index in [1.807, 2.05) is 41.4 Å². The average Bonchev–Trinajstić information content (AvgIpc) is 3.00. The Balaban J connectivity index is 1.61.